The third kappa shape index (κ3) is 2.55. The molecule has 4 nitrogen and oxygen atoms in total. The van der Waals surface area contributed by atoms with Crippen LogP contribution in [0.2, 0.25) is 0 Å². The van der Waals surface area contributed by atoms with E-state index in [9.17, 15) is 14.7 Å². The van der Waals surface area contributed by atoms with Crippen molar-refractivity contribution in [2.75, 3.05) is 0 Å². The van der Waals surface area contributed by atoms with Crippen LogP contribution in [0.4, 0.5) is 0 Å². The molecule has 1 heterocycles. The number of carboxylic acids is 1. The molecule has 0 bridgehead atoms. The molecule has 1 aliphatic heterocycles. The van der Waals surface area contributed by atoms with Crippen molar-refractivity contribution in [3.05, 3.63) is 35.9 Å². The molecule has 2 rings (SSSR count). The molecule has 0 radical (unpaired) electrons. The van der Waals surface area contributed by atoms with Crippen LogP contribution in [-0.4, -0.2) is 27.9 Å². The quantitative estimate of drug-likeness (QED) is 0.903. The summed E-state index contributed by atoms with van der Waals surface area (Å²) in [5.41, 5.74) is 0.590. The molecular weight excluding hydrogens is 254 g/mol. The fraction of sp³-hybridized carbons (Fsp3) is 0.500. The topological polar surface area (TPSA) is 57.6 Å². The molecule has 0 aliphatic carbocycles. The lowest BCUT2D eigenvalue weighted by Gasteiger charge is -2.48. The largest absolute Gasteiger partial charge is 0.480 e. The Morgan fingerprint density at radius 2 is 1.85 bits per heavy atom. The molecule has 1 saturated heterocycles. The molecule has 0 saturated carbocycles. The number of carbonyl (C=O) groups is 2. The zero-order valence-corrected chi connectivity index (χ0v) is 12.2. The lowest BCUT2D eigenvalue weighted by Crippen LogP contribution is -2.56. The second-order valence-corrected chi connectivity index (χ2v) is 6.12. The number of hydrogen-bond acceptors (Lipinski definition) is 2. The van der Waals surface area contributed by atoms with Crippen LogP contribution in [0, 0.1) is 5.41 Å². The average molecular weight is 275 g/mol. The third-order valence-corrected chi connectivity index (χ3v) is 4.20. The van der Waals surface area contributed by atoms with Crippen molar-refractivity contribution in [1.82, 2.24) is 4.90 Å². The molecule has 108 valence electrons. The van der Waals surface area contributed by atoms with E-state index in [1.807, 2.05) is 44.2 Å². The molecule has 1 fully saturated rings. The van der Waals surface area contributed by atoms with Gasteiger partial charge in [-0.3, -0.25) is 4.79 Å². The van der Waals surface area contributed by atoms with Crippen LogP contribution in [0.15, 0.2) is 30.3 Å². The van der Waals surface area contributed by atoms with Gasteiger partial charge in [-0.1, -0.05) is 44.2 Å². The van der Waals surface area contributed by atoms with Gasteiger partial charge in [0.1, 0.15) is 6.04 Å². The second kappa shape index (κ2) is 5.27. The fourth-order valence-corrected chi connectivity index (χ4v) is 3.20. The number of nitrogens with zero attached hydrogens (tertiary/aromatic N) is 1. The molecule has 0 aromatic heterocycles. The van der Waals surface area contributed by atoms with Crippen molar-refractivity contribution in [2.24, 2.45) is 5.41 Å². The van der Waals surface area contributed by atoms with Crippen LogP contribution in [0.25, 0.3) is 0 Å². The van der Waals surface area contributed by atoms with E-state index in [1.165, 1.54) is 6.92 Å². The van der Waals surface area contributed by atoms with Crippen LogP contribution in [0.5, 0.6) is 0 Å². The Hall–Kier alpha value is -1.84. The van der Waals surface area contributed by atoms with Crippen LogP contribution >= 0.6 is 0 Å². The van der Waals surface area contributed by atoms with Gasteiger partial charge in [0.15, 0.2) is 0 Å². The summed E-state index contributed by atoms with van der Waals surface area (Å²) < 4.78 is 0. The van der Waals surface area contributed by atoms with Crippen molar-refractivity contribution in [1.29, 1.82) is 0 Å². The molecule has 1 aliphatic rings. The molecule has 0 unspecified atom stereocenters. The molecule has 0 spiro atoms. The highest BCUT2D eigenvalue weighted by molar-refractivity contribution is 5.83. The van der Waals surface area contributed by atoms with E-state index in [4.69, 9.17) is 0 Å². The van der Waals surface area contributed by atoms with Crippen LogP contribution in [0.1, 0.15) is 45.2 Å². The van der Waals surface area contributed by atoms with Crippen molar-refractivity contribution in [2.45, 2.75) is 45.7 Å². The monoisotopic (exact) mass is 275 g/mol. The SMILES string of the molecule is CC(=O)N1[C@@H](c2ccccc2)CCC(C)(C)[C@@H]1C(=O)O. The number of benzene rings is 1. The number of carbonyl (C=O) groups excluding carboxylic acids is 1. The van der Waals surface area contributed by atoms with Gasteiger partial charge in [-0.2, -0.15) is 0 Å². The Kier molecular flexibility index (Phi) is 3.84. The molecule has 2 atom stereocenters. The van der Waals surface area contributed by atoms with Gasteiger partial charge in [0.2, 0.25) is 5.91 Å². The molecule has 20 heavy (non-hydrogen) atoms. The van der Waals surface area contributed by atoms with E-state index in [0.29, 0.717) is 0 Å². The Bertz CT molecular complexity index is 510. The number of rotatable bonds is 2. The van der Waals surface area contributed by atoms with Gasteiger partial charge < -0.3 is 10.0 Å². The second-order valence-electron chi connectivity index (χ2n) is 6.12. The Morgan fingerprint density at radius 1 is 1.25 bits per heavy atom. The summed E-state index contributed by atoms with van der Waals surface area (Å²) in [6, 6.07) is 8.74. The number of hydrogen-bond donors (Lipinski definition) is 1. The van der Waals surface area contributed by atoms with Crippen LogP contribution < -0.4 is 0 Å². The van der Waals surface area contributed by atoms with Gasteiger partial charge in [0.25, 0.3) is 0 Å². The number of likely N-dealkylation sites (tertiary alicyclic amines) is 1. The Morgan fingerprint density at radius 3 is 2.35 bits per heavy atom. The van der Waals surface area contributed by atoms with E-state index < -0.39 is 17.4 Å². The highest BCUT2D eigenvalue weighted by Gasteiger charge is 2.47. The summed E-state index contributed by atoms with van der Waals surface area (Å²) in [6.45, 7) is 5.29. The van der Waals surface area contributed by atoms with Crippen molar-refractivity contribution < 1.29 is 14.7 Å². The van der Waals surface area contributed by atoms with Gasteiger partial charge in [0, 0.05) is 6.92 Å². The number of aliphatic carboxylic acids is 1. The Labute approximate surface area is 119 Å². The van der Waals surface area contributed by atoms with E-state index in [-0.39, 0.29) is 11.9 Å². The summed E-state index contributed by atoms with van der Waals surface area (Å²) in [7, 11) is 0. The first kappa shape index (κ1) is 14.6. The summed E-state index contributed by atoms with van der Waals surface area (Å²) >= 11 is 0. The van der Waals surface area contributed by atoms with E-state index >= 15 is 0 Å². The van der Waals surface area contributed by atoms with Gasteiger partial charge in [0.05, 0.1) is 6.04 Å². The first-order valence-corrected chi connectivity index (χ1v) is 6.91. The average Bonchev–Trinajstić information content (AvgIpc) is 2.37. The molecule has 1 aromatic rings. The number of piperidine rings is 1. The molecular formula is C16H21NO3. The van der Waals surface area contributed by atoms with Gasteiger partial charge in [-0.05, 0) is 23.8 Å². The van der Waals surface area contributed by atoms with Crippen molar-refractivity contribution >= 4 is 11.9 Å². The highest BCUT2D eigenvalue weighted by atomic mass is 16.4. The van der Waals surface area contributed by atoms with Gasteiger partial charge in [-0.15, -0.1) is 0 Å². The summed E-state index contributed by atoms with van der Waals surface area (Å²) in [4.78, 5) is 25.3. The maximum atomic E-state index is 12.0. The molecule has 4 heteroatoms. The van der Waals surface area contributed by atoms with Crippen molar-refractivity contribution in [3.8, 4) is 0 Å². The maximum absolute atomic E-state index is 12.0. The minimum atomic E-state index is -0.925. The maximum Gasteiger partial charge on any atom is 0.326 e. The predicted molar refractivity (Wildman–Crippen MR) is 76.1 cm³/mol. The van der Waals surface area contributed by atoms with Crippen LogP contribution in [0.3, 0.4) is 0 Å². The van der Waals surface area contributed by atoms with E-state index in [1.54, 1.807) is 4.90 Å². The summed E-state index contributed by atoms with van der Waals surface area (Å²) in [5, 5.41) is 9.56. The standard InChI is InChI=1S/C16H21NO3/c1-11(18)17-13(12-7-5-4-6-8-12)9-10-16(2,3)14(17)15(19)20/h4-8,13-14H,9-10H2,1-3H3,(H,19,20)/t13-,14+/m1/s1. The van der Waals surface area contributed by atoms with Crippen molar-refractivity contribution in [3.63, 3.8) is 0 Å². The zero-order chi connectivity index (χ0) is 14.9. The predicted octanol–water partition coefficient (Wildman–Crippen LogP) is 2.85. The highest BCUT2D eigenvalue weighted by Crippen LogP contribution is 2.44. The zero-order valence-electron chi connectivity index (χ0n) is 12.2. The molecule has 1 aromatic carbocycles. The first-order chi connectivity index (χ1) is 9.34. The van der Waals surface area contributed by atoms with Crippen LogP contribution in [-0.2, 0) is 9.59 Å². The third-order valence-electron chi connectivity index (χ3n) is 4.20. The summed E-state index contributed by atoms with van der Waals surface area (Å²) in [6.07, 6.45) is 1.58. The number of amides is 1. The number of carboxylic acid groups (broad SMARTS) is 1. The lowest BCUT2D eigenvalue weighted by molar-refractivity contribution is -0.162. The minimum absolute atomic E-state index is 0.150. The summed E-state index contributed by atoms with van der Waals surface area (Å²) in [5.74, 6) is -1.11. The first-order valence-electron chi connectivity index (χ1n) is 6.91. The van der Waals surface area contributed by atoms with Gasteiger partial charge >= 0.3 is 5.97 Å². The molecule has 1 N–H and O–H groups in total. The van der Waals surface area contributed by atoms with Gasteiger partial charge in [-0.25, -0.2) is 4.79 Å². The van der Waals surface area contributed by atoms with E-state index in [0.717, 1.165) is 18.4 Å². The fourth-order valence-electron chi connectivity index (χ4n) is 3.20. The molecule has 1 amide bonds. The smallest absolute Gasteiger partial charge is 0.326 e. The minimum Gasteiger partial charge on any atom is -0.480 e. The lowest BCUT2D eigenvalue weighted by atomic mass is 9.73. The Balaban J connectivity index is 2.44. The van der Waals surface area contributed by atoms with E-state index in [2.05, 4.69) is 0 Å². The normalized spacial score (nSPS) is 25.2.